The molecule has 1 amide bonds. The molecule has 0 radical (unpaired) electrons. The van der Waals surface area contributed by atoms with Crippen molar-refractivity contribution in [2.75, 3.05) is 24.5 Å². The van der Waals surface area contributed by atoms with Gasteiger partial charge in [-0.05, 0) is 25.8 Å². The van der Waals surface area contributed by atoms with Gasteiger partial charge in [0.15, 0.2) is 5.82 Å². The second kappa shape index (κ2) is 9.82. The maximum Gasteiger partial charge on any atom is 0.451 e. The van der Waals surface area contributed by atoms with Crippen molar-refractivity contribution in [1.82, 2.24) is 29.4 Å². The van der Waals surface area contributed by atoms with Crippen LogP contribution in [0.4, 0.5) is 23.4 Å². The maximum atomic E-state index is 15.3. The minimum atomic E-state index is -4.63. The van der Waals surface area contributed by atoms with Crippen LogP contribution in [0.2, 0.25) is 0 Å². The second-order valence-electron chi connectivity index (χ2n) is 9.61. The lowest BCUT2D eigenvalue weighted by Crippen LogP contribution is -2.47. The van der Waals surface area contributed by atoms with E-state index in [0.717, 1.165) is 25.2 Å². The monoisotopic (exact) mass is 522 g/mol. The number of halogens is 4. The zero-order chi connectivity index (χ0) is 26.3. The molecular weight excluding hydrogens is 496 g/mol. The Bertz CT molecular complexity index is 1280. The quantitative estimate of drug-likeness (QED) is 0.429. The van der Waals surface area contributed by atoms with Crippen LogP contribution >= 0.6 is 0 Å². The van der Waals surface area contributed by atoms with Crippen LogP contribution in [0, 0.1) is 11.7 Å². The first-order chi connectivity index (χ1) is 17.6. The number of likely N-dealkylation sites (tertiary alicyclic amines) is 1. The number of piperidine rings is 1. The van der Waals surface area contributed by atoms with E-state index in [-0.39, 0.29) is 30.4 Å². The molecule has 3 N–H and O–H groups in total. The SMILES string of the molecule is NC(=O)CN1CCC(Cn2cc(F)c3c(N(Cc4cnc(C(F)(F)F)nc4)C4CC4)ncnc32)C(O)C1. The van der Waals surface area contributed by atoms with Gasteiger partial charge in [-0.1, -0.05) is 0 Å². The number of amides is 1. The Balaban J connectivity index is 1.38. The highest BCUT2D eigenvalue weighted by atomic mass is 19.4. The number of nitrogens with two attached hydrogens (primary N) is 1. The van der Waals surface area contributed by atoms with E-state index in [4.69, 9.17) is 5.73 Å². The van der Waals surface area contributed by atoms with Crippen LogP contribution in [0.15, 0.2) is 24.9 Å². The fourth-order valence-electron chi connectivity index (χ4n) is 4.84. The van der Waals surface area contributed by atoms with Gasteiger partial charge in [0.2, 0.25) is 11.7 Å². The van der Waals surface area contributed by atoms with Crippen LogP contribution in [-0.4, -0.2) is 72.2 Å². The van der Waals surface area contributed by atoms with Crippen LogP contribution in [0.1, 0.15) is 30.7 Å². The minimum absolute atomic E-state index is 0.0551. The lowest BCUT2D eigenvalue weighted by Gasteiger charge is -2.35. The molecule has 1 saturated heterocycles. The number of β-amino-alcohol motifs (C(OH)–C–C–N with tert-alkyl or cyclic N) is 1. The van der Waals surface area contributed by atoms with Gasteiger partial charge in [0.25, 0.3) is 0 Å². The Morgan fingerprint density at radius 2 is 1.89 bits per heavy atom. The molecule has 5 rings (SSSR count). The number of rotatable bonds is 8. The second-order valence-corrected chi connectivity index (χ2v) is 9.61. The summed E-state index contributed by atoms with van der Waals surface area (Å²) in [7, 11) is 0. The summed E-state index contributed by atoms with van der Waals surface area (Å²) in [6.45, 7) is 1.43. The van der Waals surface area contributed by atoms with Crippen molar-refractivity contribution in [3.8, 4) is 0 Å². The third-order valence-electron chi connectivity index (χ3n) is 6.77. The van der Waals surface area contributed by atoms with Gasteiger partial charge in [-0.15, -0.1) is 0 Å². The number of carbonyl (C=O) groups excluding carboxylic acids is 1. The summed E-state index contributed by atoms with van der Waals surface area (Å²) in [6, 6.07) is 0.0551. The molecule has 10 nitrogen and oxygen atoms in total. The molecule has 0 aromatic carbocycles. The van der Waals surface area contributed by atoms with E-state index in [2.05, 4.69) is 19.9 Å². The number of aromatic nitrogens is 5. The van der Waals surface area contributed by atoms with E-state index in [0.29, 0.717) is 43.1 Å². The predicted octanol–water partition coefficient (Wildman–Crippen LogP) is 1.72. The van der Waals surface area contributed by atoms with Crippen molar-refractivity contribution in [3.05, 3.63) is 42.1 Å². The average molecular weight is 523 g/mol. The Labute approximate surface area is 209 Å². The van der Waals surface area contributed by atoms with Gasteiger partial charge < -0.3 is 20.3 Å². The van der Waals surface area contributed by atoms with Crippen molar-refractivity contribution in [2.45, 2.75) is 50.7 Å². The van der Waals surface area contributed by atoms with Crippen LogP contribution in [0.25, 0.3) is 11.0 Å². The number of aliphatic hydroxyl groups excluding tert-OH is 1. The fraction of sp³-hybridized carbons (Fsp3) is 0.522. The van der Waals surface area contributed by atoms with Gasteiger partial charge in [-0.2, -0.15) is 13.2 Å². The van der Waals surface area contributed by atoms with E-state index < -0.39 is 29.8 Å². The molecule has 1 aliphatic carbocycles. The third-order valence-corrected chi connectivity index (χ3v) is 6.77. The highest BCUT2D eigenvalue weighted by Gasteiger charge is 2.36. The molecule has 2 fully saturated rings. The first-order valence-electron chi connectivity index (χ1n) is 11.9. The minimum Gasteiger partial charge on any atom is -0.391 e. The molecule has 4 heterocycles. The molecule has 0 bridgehead atoms. The zero-order valence-electron chi connectivity index (χ0n) is 19.8. The topological polar surface area (TPSA) is 126 Å². The molecule has 37 heavy (non-hydrogen) atoms. The van der Waals surface area contributed by atoms with E-state index in [1.165, 1.54) is 12.5 Å². The highest BCUT2D eigenvalue weighted by molar-refractivity contribution is 5.89. The first kappa shape index (κ1) is 25.3. The number of primary amides is 1. The molecule has 2 aliphatic rings. The van der Waals surface area contributed by atoms with Crippen LogP contribution in [0.5, 0.6) is 0 Å². The fourth-order valence-corrected chi connectivity index (χ4v) is 4.84. The Kier molecular flexibility index (Phi) is 6.70. The average Bonchev–Trinajstić information content (AvgIpc) is 3.63. The van der Waals surface area contributed by atoms with Crippen molar-refractivity contribution < 1.29 is 27.5 Å². The molecule has 3 aromatic heterocycles. The number of anilines is 1. The van der Waals surface area contributed by atoms with E-state index in [1.807, 2.05) is 4.90 Å². The van der Waals surface area contributed by atoms with Crippen molar-refractivity contribution in [3.63, 3.8) is 0 Å². The van der Waals surface area contributed by atoms with Crippen LogP contribution in [0.3, 0.4) is 0 Å². The summed E-state index contributed by atoms with van der Waals surface area (Å²) in [5.41, 5.74) is 6.06. The molecule has 0 spiro atoms. The Morgan fingerprint density at radius 1 is 1.16 bits per heavy atom. The van der Waals surface area contributed by atoms with Gasteiger partial charge in [-0.25, -0.2) is 24.3 Å². The molecule has 198 valence electrons. The number of aliphatic hydroxyl groups is 1. The summed E-state index contributed by atoms with van der Waals surface area (Å²) in [4.78, 5) is 30.3. The van der Waals surface area contributed by atoms with Gasteiger partial charge in [0, 0.05) is 55.7 Å². The van der Waals surface area contributed by atoms with Crippen LogP contribution in [-0.2, 0) is 24.1 Å². The van der Waals surface area contributed by atoms with E-state index >= 15 is 4.39 Å². The van der Waals surface area contributed by atoms with E-state index in [9.17, 15) is 23.1 Å². The van der Waals surface area contributed by atoms with Crippen molar-refractivity contribution >= 4 is 22.8 Å². The Hall–Kier alpha value is -3.39. The molecule has 14 heteroatoms. The summed E-state index contributed by atoms with van der Waals surface area (Å²) < 4.78 is 55.4. The van der Waals surface area contributed by atoms with Gasteiger partial charge in [0.05, 0.1) is 18.0 Å². The van der Waals surface area contributed by atoms with Gasteiger partial charge in [0.1, 0.15) is 17.8 Å². The molecule has 1 aliphatic heterocycles. The molecular formula is C23H26F4N8O2. The summed E-state index contributed by atoms with van der Waals surface area (Å²) >= 11 is 0. The van der Waals surface area contributed by atoms with Crippen molar-refractivity contribution in [1.29, 1.82) is 0 Å². The standard InChI is InChI=1S/C23H26F4N8O2/c24-16-9-34(8-14-3-4-33(10-17(14)36)11-18(28)37)20-19(16)21(32-12-31-20)35(15-1-2-15)7-13-5-29-22(30-6-13)23(25,26)27/h5-6,9,12,14-15,17,36H,1-4,7-8,10-11H2,(H2,28,37). The number of alkyl halides is 3. The number of nitrogens with zero attached hydrogens (tertiary/aromatic N) is 7. The molecule has 2 unspecified atom stereocenters. The largest absolute Gasteiger partial charge is 0.451 e. The molecule has 1 saturated carbocycles. The maximum absolute atomic E-state index is 15.3. The lowest BCUT2D eigenvalue weighted by atomic mass is 9.93. The summed E-state index contributed by atoms with van der Waals surface area (Å²) in [6.07, 6.45) is 1.82. The van der Waals surface area contributed by atoms with Crippen molar-refractivity contribution in [2.24, 2.45) is 11.7 Å². The summed E-state index contributed by atoms with van der Waals surface area (Å²) in [5.74, 6) is -2.04. The number of carbonyl (C=O) groups is 1. The lowest BCUT2D eigenvalue weighted by molar-refractivity contribution is -0.145. The Morgan fingerprint density at radius 3 is 2.51 bits per heavy atom. The summed E-state index contributed by atoms with van der Waals surface area (Å²) in [5, 5.41) is 10.8. The van der Waals surface area contributed by atoms with Gasteiger partial charge in [-0.3, -0.25) is 9.69 Å². The normalized spacial score (nSPS) is 20.9. The third kappa shape index (κ3) is 5.49. The number of hydrogen-bond acceptors (Lipinski definition) is 8. The van der Waals surface area contributed by atoms with E-state index in [1.54, 1.807) is 9.47 Å². The smallest absolute Gasteiger partial charge is 0.391 e. The molecule has 2 atom stereocenters. The number of fused-ring (bicyclic) bond motifs is 1. The van der Waals surface area contributed by atoms with Crippen LogP contribution < -0.4 is 10.6 Å². The highest BCUT2D eigenvalue weighted by Crippen LogP contribution is 2.37. The first-order valence-corrected chi connectivity index (χ1v) is 11.9. The van der Waals surface area contributed by atoms with Gasteiger partial charge >= 0.3 is 6.18 Å². The predicted molar refractivity (Wildman–Crippen MR) is 123 cm³/mol. The number of hydrogen-bond donors (Lipinski definition) is 2. The zero-order valence-corrected chi connectivity index (χ0v) is 19.8. The molecule has 3 aromatic rings.